The van der Waals surface area contributed by atoms with Gasteiger partial charge in [-0.05, 0) is 49.7 Å². The Hall–Kier alpha value is -0.860. The van der Waals surface area contributed by atoms with E-state index in [-0.39, 0.29) is 0 Å². The Morgan fingerprint density at radius 3 is 3.06 bits per heavy atom. The van der Waals surface area contributed by atoms with Crippen LogP contribution in [0.1, 0.15) is 43.2 Å². The minimum absolute atomic E-state index is 0.541. The molecular weight excluding hydrogens is 222 g/mol. The third-order valence-corrected chi connectivity index (χ3v) is 3.96. The van der Waals surface area contributed by atoms with Gasteiger partial charge in [0.1, 0.15) is 0 Å². The van der Waals surface area contributed by atoms with Crippen molar-refractivity contribution < 1.29 is 4.74 Å². The number of benzene rings is 1. The Morgan fingerprint density at radius 1 is 1.39 bits per heavy atom. The molecule has 1 N–H and O–H groups in total. The van der Waals surface area contributed by atoms with Gasteiger partial charge in [0.15, 0.2) is 0 Å². The summed E-state index contributed by atoms with van der Waals surface area (Å²) >= 11 is 0. The molecule has 2 nitrogen and oxygen atoms in total. The van der Waals surface area contributed by atoms with Crippen LogP contribution >= 0.6 is 0 Å². The van der Waals surface area contributed by atoms with Gasteiger partial charge in [-0.3, -0.25) is 0 Å². The molecule has 0 saturated heterocycles. The minimum Gasteiger partial charge on any atom is -0.385 e. The molecule has 2 atom stereocenters. The van der Waals surface area contributed by atoms with E-state index in [2.05, 4.69) is 36.5 Å². The maximum Gasteiger partial charge on any atom is 0.0476 e. The van der Waals surface area contributed by atoms with E-state index in [1.807, 2.05) is 0 Å². The van der Waals surface area contributed by atoms with E-state index >= 15 is 0 Å². The zero-order chi connectivity index (χ0) is 12.8. The van der Waals surface area contributed by atoms with E-state index in [4.69, 9.17) is 4.74 Å². The second kappa shape index (κ2) is 6.91. The first-order valence-electron chi connectivity index (χ1n) is 7.11. The molecule has 2 unspecified atom stereocenters. The molecule has 2 rings (SSSR count). The van der Waals surface area contributed by atoms with Crippen LogP contribution in [0, 0.1) is 0 Å². The lowest BCUT2D eigenvalue weighted by atomic mass is 9.83. The van der Waals surface area contributed by atoms with Crippen LogP contribution in [0.5, 0.6) is 0 Å². The van der Waals surface area contributed by atoms with Crippen LogP contribution in [0.4, 0.5) is 0 Å². The number of nitrogens with one attached hydrogen (secondary N) is 1. The molecule has 0 heterocycles. The number of ether oxygens (including phenoxy) is 1. The summed E-state index contributed by atoms with van der Waals surface area (Å²) in [6.07, 6.45) is 4.99. The number of fused-ring (bicyclic) bond motifs is 1. The normalized spacial score (nSPS) is 20.4. The van der Waals surface area contributed by atoms with Crippen LogP contribution in [0.3, 0.4) is 0 Å². The molecule has 0 amide bonds. The van der Waals surface area contributed by atoms with Crippen molar-refractivity contribution >= 4 is 0 Å². The molecule has 1 aromatic carbocycles. The van der Waals surface area contributed by atoms with Gasteiger partial charge in [0.05, 0.1) is 0 Å². The largest absolute Gasteiger partial charge is 0.385 e. The standard InChI is InChI=1S/C16H25NO/c1-13(10-11-18-2)17-12-15-8-5-7-14-6-3-4-9-16(14)15/h3-4,6,9,13,15,17H,5,7-8,10-12H2,1-2H3. The minimum atomic E-state index is 0.541. The second-order valence-electron chi connectivity index (χ2n) is 5.38. The average Bonchev–Trinajstić information content (AvgIpc) is 2.42. The lowest BCUT2D eigenvalue weighted by Gasteiger charge is -2.27. The van der Waals surface area contributed by atoms with Gasteiger partial charge in [-0.1, -0.05) is 24.3 Å². The van der Waals surface area contributed by atoms with Crippen molar-refractivity contribution in [3.05, 3.63) is 35.4 Å². The Morgan fingerprint density at radius 2 is 2.22 bits per heavy atom. The number of hydrogen-bond donors (Lipinski definition) is 1. The molecule has 0 aromatic heterocycles. The molecule has 0 fully saturated rings. The van der Waals surface area contributed by atoms with Gasteiger partial charge in [-0.25, -0.2) is 0 Å². The fourth-order valence-corrected chi connectivity index (χ4v) is 2.81. The van der Waals surface area contributed by atoms with Crippen molar-refractivity contribution in [3.63, 3.8) is 0 Å². The van der Waals surface area contributed by atoms with Crippen LogP contribution in [-0.2, 0) is 11.2 Å². The van der Waals surface area contributed by atoms with Crippen molar-refractivity contribution in [2.24, 2.45) is 0 Å². The maximum atomic E-state index is 5.12. The quantitative estimate of drug-likeness (QED) is 0.834. The fourth-order valence-electron chi connectivity index (χ4n) is 2.81. The van der Waals surface area contributed by atoms with Crippen molar-refractivity contribution in [3.8, 4) is 0 Å². The Balaban J connectivity index is 1.87. The molecule has 0 bridgehead atoms. The van der Waals surface area contributed by atoms with Crippen molar-refractivity contribution in [1.29, 1.82) is 0 Å². The van der Waals surface area contributed by atoms with E-state index in [0.29, 0.717) is 12.0 Å². The van der Waals surface area contributed by atoms with Gasteiger partial charge in [0, 0.05) is 26.3 Å². The van der Waals surface area contributed by atoms with E-state index in [1.54, 1.807) is 18.2 Å². The number of methoxy groups -OCH3 is 1. The predicted octanol–water partition coefficient (Wildman–Crippen LogP) is 3.12. The molecule has 1 aromatic rings. The highest BCUT2D eigenvalue weighted by molar-refractivity contribution is 5.32. The molecule has 0 saturated carbocycles. The van der Waals surface area contributed by atoms with Crippen molar-refractivity contribution in [1.82, 2.24) is 5.32 Å². The van der Waals surface area contributed by atoms with E-state index < -0.39 is 0 Å². The molecule has 0 radical (unpaired) electrons. The monoisotopic (exact) mass is 247 g/mol. The maximum absolute atomic E-state index is 5.12. The van der Waals surface area contributed by atoms with Gasteiger partial charge in [0.2, 0.25) is 0 Å². The molecule has 18 heavy (non-hydrogen) atoms. The first-order valence-corrected chi connectivity index (χ1v) is 7.11. The third-order valence-electron chi connectivity index (χ3n) is 3.96. The SMILES string of the molecule is COCCC(C)NCC1CCCc2ccccc21. The summed E-state index contributed by atoms with van der Waals surface area (Å²) in [6, 6.07) is 9.47. The summed E-state index contributed by atoms with van der Waals surface area (Å²) in [7, 11) is 1.77. The summed E-state index contributed by atoms with van der Waals surface area (Å²) in [5.41, 5.74) is 3.12. The zero-order valence-corrected chi connectivity index (χ0v) is 11.6. The zero-order valence-electron chi connectivity index (χ0n) is 11.6. The number of rotatable bonds is 6. The summed E-state index contributed by atoms with van der Waals surface area (Å²) in [6.45, 7) is 4.19. The van der Waals surface area contributed by atoms with E-state index in [0.717, 1.165) is 19.6 Å². The van der Waals surface area contributed by atoms with Crippen molar-refractivity contribution in [2.45, 2.75) is 44.6 Å². The van der Waals surface area contributed by atoms with Gasteiger partial charge in [0.25, 0.3) is 0 Å². The predicted molar refractivity (Wildman–Crippen MR) is 76.1 cm³/mol. The first-order chi connectivity index (χ1) is 8.81. The number of hydrogen-bond acceptors (Lipinski definition) is 2. The smallest absolute Gasteiger partial charge is 0.0476 e. The van der Waals surface area contributed by atoms with Gasteiger partial charge in [-0.2, -0.15) is 0 Å². The Kier molecular flexibility index (Phi) is 5.21. The van der Waals surface area contributed by atoms with Crippen LogP contribution < -0.4 is 5.32 Å². The highest BCUT2D eigenvalue weighted by atomic mass is 16.5. The summed E-state index contributed by atoms with van der Waals surface area (Å²) < 4.78 is 5.12. The number of aryl methyl sites for hydroxylation is 1. The summed E-state index contributed by atoms with van der Waals surface area (Å²) in [4.78, 5) is 0. The van der Waals surface area contributed by atoms with Crippen molar-refractivity contribution in [2.75, 3.05) is 20.3 Å². The molecule has 1 aliphatic rings. The van der Waals surface area contributed by atoms with Crippen LogP contribution in [0.25, 0.3) is 0 Å². The van der Waals surface area contributed by atoms with Crippen LogP contribution in [-0.4, -0.2) is 26.3 Å². The highest BCUT2D eigenvalue weighted by Gasteiger charge is 2.19. The fraction of sp³-hybridized carbons (Fsp3) is 0.625. The first kappa shape index (κ1) is 13.6. The molecule has 2 heteroatoms. The van der Waals surface area contributed by atoms with Crippen LogP contribution in [0.2, 0.25) is 0 Å². The Labute approximate surface area is 111 Å². The topological polar surface area (TPSA) is 21.3 Å². The molecule has 100 valence electrons. The van der Waals surface area contributed by atoms with Gasteiger partial charge >= 0.3 is 0 Å². The molecule has 1 aliphatic carbocycles. The van der Waals surface area contributed by atoms with Crippen LogP contribution in [0.15, 0.2) is 24.3 Å². The van der Waals surface area contributed by atoms with Gasteiger partial charge < -0.3 is 10.1 Å². The molecule has 0 aliphatic heterocycles. The van der Waals surface area contributed by atoms with Gasteiger partial charge in [-0.15, -0.1) is 0 Å². The summed E-state index contributed by atoms with van der Waals surface area (Å²) in [5.74, 6) is 0.694. The lowest BCUT2D eigenvalue weighted by molar-refractivity contribution is 0.184. The molecular formula is C16H25NO. The van der Waals surface area contributed by atoms with E-state index in [9.17, 15) is 0 Å². The van der Waals surface area contributed by atoms with E-state index in [1.165, 1.54) is 19.3 Å². The highest BCUT2D eigenvalue weighted by Crippen LogP contribution is 2.30. The second-order valence-corrected chi connectivity index (χ2v) is 5.38. The average molecular weight is 247 g/mol. The molecule has 0 spiro atoms. The summed E-state index contributed by atoms with van der Waals surface area (Å²) in [5, 5.41) is 3.65. The third kappa shape index (κ3) is 3.56. The lowest BCUT2D eigenvalue weighted by Crippen LogP contribution is -2.32. The Bertz CT molecular complexity index is 364.